The number of carbonyl (C=O) groups is 1. The molecule has 0 radical (unpaired) electrons. The molecule has 36 heavy (non-hydrogen) atoms. The molecule has 0 unspecified atom stereocenters. The van der Waals surface area contributed by atoms with Gasteiger partial charge < -0.3 is 14.8 Å². The number of para-hydroxylation sites is 1. The minimum absolute atomic E-state index is 0.143. The van der Waals surface area contributed by atoms with E-state index >= 15 is 0 Å². The number of carbonyl (C=O) groups excluding carboxylic acids is 1. The lowest BCUT2D eigenvalue weighted by atomic mass is 10.1. The van der Waals surface area contributed by atoms with E-state index in [4.69, 9.17) is 32.7 Å². The maximum Gasteiger partial charge on any atom is 0.231 e. The van der Waals surface area contributed by atoms with Crippen molar-refractivity contribution >= 4 is 40.9 Å². The molecule has 1 aromatic heterocycles. The van der Waals surface area contributed by atoms with Gasteiger partial charge in [-0.1, -0.05) is 53.2 Å². The van der Waals surface area contributed by atoms with Gasteiger partial charge >= 0.3 is 0 Å². The number of nitrogens with one attached hydrogen (secondary N) is 1. The zero-order valence-electron chi connectivity index (χ0n) is 19.2. The summed E-state index contributed by atoms with van der Waals surface area (Å²) < 4.78 is 13.7. The normalized spacial score (nSPS) is 15.1. The average molecular weight is 541 g/mol. The van der Waals surface area contributed by atoms with Gasteiger partial charge in [-0.3, -0.25) is 9.36 Å². The van der Waals surface area contributed by atoms with Crippen molar-refractivity contribution in [3.8, 4) is 17.2 Å². The lowest BCUT2D eigenvalue weighted by molar-refractivity contribution is -0.119. The van der Waals surface area contributed by atoms with Crippen LogP contribution >= 0.6 is 35.0 Å². The molecule has 3 aromatic carbocycles. The fraction of sp³-hybridized carbons (Fsp3) is 0.192. The van der Waals surface area contributed by atoms with Crippen molar-refractivity contribution < 1.29 is 14.3 Å². The van der Waals surface area contributed by atoms with Crippen LogP contribution in [0.3, 0.4) is 0 Å². The van der Waals surface area contributed by atoms with Crippen LogP contribution in [-0.2, 0) is 4.79 Å². The van der Waals surface area contributed by atoms with Gasteiger partial charge in [0.1, 0.15) is 18.1 Å². The van der Waals surface area contributed by atoms with Gasteiger partial charge in [0, 0.05) is 21.3 Å². The van der Waals surface area contributed by atoms with Crippen molar-refractivity contribution in [2.24, 2.45) is 0 Å². The minimum atomic E-state index is -0.404. The molecule has 7 nitrogen and oxygen atoms in total. The van der Waals surface area contributed by atoms with Crippen LogP contribution in [0.25, 0.3) is 5.69 Å². The number of hydrogen-bond donors (Lipinski definition) is 1. The topological polar surface area (TPSA) is 78.3 Å². The van der Waals surface area contributed by atoms with Crippen molar-refractivity contribution in [1.82, 2.24) is 20.1 Å². The summed E-state index contributed by atoms with van der Waals surface area (Å²) in [6.07, 6.45) is -0.404. The second kappa shape index (κ2) is 10.8. The lowest BCUT2D eigenvalue weighted by Crippen LogP contribution is -2.30. The molecule has 184 valence electrons. The second-order valence-electron chi connectivity index (χ2n) is 8.13. The standard InChI is InChI=1S/C26H22Cl2N4O3S/c1-16(35-20-10-7-17(27)8-11-20)25-30-31-26(32(25)19-5-3-2-4-6-19)36-15-24(33)29-22-14-34-23-12-9-18(28)13-21(22)23/h2-13,16,22H,14-15H2,1H3,(H,29,33)/t16-,22-/m1/s1. The fourth-order valence-corrected chi connectivity index (χ4v) is 4.98. The molecule has 0 fully saturated rings. The Balaban J connectivity index is 1.32. The van der Waals surface area contributed by atoms with E-state index in [1.165, 1.54) is 11.8 Å². The molecule has 5 rings (SSSR count). The lowest BCUT2D eigenvalue weighted by Gasteiger charge is -2.17. The Kier molecular flexibility index (Phi) is 7.36. The molecular formula is C26H22Cl2N4O3S. The molecule has 1 N–H and O–H groups in total. The zero-order chi connectivity index (χ0) is 25.1. The number of nitrogens with zero attached hydrogens (tertiary/aromatic N) is 3. The second-order valence-corrected chi connectivity index (χ2v) is 9.94. The number of hydrogen-bond acceptors (Lipinski definition) is 6. The van der Waals surface area contributed by atoms with Crippen LogP contribution in [-0.4, -0.2) is 33.0 Å². The molecule has 0 saturated carbocycles. The van der Waals surface area contributed by atoms with Crippen LogP contribution in [0.2, 0.25) is 10.0 Å². The average Bonchev–Trinajstić information content (AvgIpc) is 3.49. The first kappa shape index (κ1) is 24.5. The van der Waals surface area contributed by atoms with E-state index in [1.807, 2.05) is 54.0 Å². The molecule has 0 spiro atoms. The van der Waals surface area contributed by atoms with Crippen LogP contribution in [0, 0.1) is 0 Å². The molecule has 2 heterocycles. The Labute approximate surface area is 222 Å². The monoisotopic (exact) mass is 540 g/mol. The van der Waals surface area contributed by atoms with E-state index in [-0.39, 0.29) is 17.7 Å². The summed E-state index contributed by atoms with van der Waals surface area (Å²) in [5.41, 5.74) is 1.75. The van der Waals surface area contributed by atoms with Gasteiger partial charge in [-0.05, 0) is 61.5 Å². The SMILES string of the molecule is C[C@@H](Oc1ccc(Cl)cc1)c1nnc(SCC(=O)N[C@@H]2COc3ccc(Cl)cc32)n1-c1ccccc1. The number of aromatic nitrogens is 3. The first-order valence-electron chi connectivity index (χ1n) is 11.3. The van der Waals surface area contributed by atoms with Gasteiger partial charge in [0.15, 0.2) is 17.1 Å². The largest absolute Gasteiger partial charge is 0.491 e. The van der Waals surface area contributed by atoms with Crippen LogP contribution in [0.15, 0.2) is 78.0 Å². The van der Waals surface area contributed by atoms with Gasteiger partial charge in [-0.25, -0.2) is 0 Å². The third-order valence-electron chi connectivity index (χ3n) is 5.58. The molecule has 1 aliphatic heterocycles. The molecule has 0 saturated heterocycles. The Bertz CT molecular complexity index is 1370. The summed E-state index contributed by atoms with van der Waals surface area (Å²) in [5.74, 6) is 2.04. The summed E-state index contributed by atoms with van der Waals surface area (Å²) in [4.78, 5) is 12.8. The van der Waals surface area contributed by atoms with Crippen LogP contribution in [0.1, 0.15) is 30.5 Å². The van der Waals surface area contributed by atoms with Gasteiger partial charge in [-0.15, -0.1) is 10.2 Å². The molecule has 2 atom stereocenters. The summed E-state index contributed by atoms with van der Waals surface area (Å²) in [5, 5.41) is 13.6. The van der Waals surface area contributed by atoms with Crippen molar-refractivity contribution in [2.45, 2.75) is 24.2 Å². The van der Waals surface area contributed by atoms with Crippen LogP contribution in [0.5, 0.6) is 11.5 Å². The predicted octanol–water partition coefficient (Wildman–Crippen LogP) is 6.06. The minimum Gasteiger partial charge on any atom is -0.491 e. The highest BCUT2D eigenvalue weighted by Crippen LogP contribution is 2.34. The van der Waals surface area contributed by atoms with E-state index in [9.17, 15) is 4.79 Å². The highest BCUT2D eigenvalue weighted by molar-refractivity contribution is 7.99. The zero-order valence-corrected chi connectivity index (χ0v) is 21.6. The summed E-state index contributed by atoms with van der Waals surface area (Å²) >= 11 is 13.4. The molecule has 0 bridgehead atoms. The Hall–Kier alpha value is -3.20. The van der Waals surface area contributed by atoms with Gasteiger partial charge in [-0.2, -0.15) is 0 Å². The predicted molar refractivity (Wildman–Crippen MR) is 140 cm³/mol. The summed E-state index contributed by atoms with van der Waals surface area (Å²) in [6, 6.07) is 22.0. The summed E-state index contributed by atoms with van der Waals surface area (Å²) in [7, 11) is 0. The first-order chi connectivity index (χ1) is 17.5. The van der Waals surface area contributed by atoms with Crippen molar-refractivity contribution in [2.75, 3.05) is 12.4 Å². The number of thioether (sulfide) groups is 1. The number of amides is 1. The third kappa shape index (κ3) is 5.46. The molecule has 10 heteroatoms. The smallest absolute Gasteiger partial charge is 0.231 e. The first-order valence-corrected chi connectivity index (χ1v) is 13.0. The number of benzene rings is 3. The van der Waals surface area contributed by atoms with Crippen LogP contribution in [0.4, 0.5) is 0 Å². The number of rotatable bonds is 8. The summed E-state index contributed by atoms with van der Waals surface area (Å²) in [6.45, 7) is 2.28. The van der Waals surface area contributed by atoms with E-state index in [1.54, 1.807) is 30.3 Å². The van der Waals surface area contributed by atoms with Gasteiger partial charge in [0.2, 0.25) is 5.91 Å². The van der Waals surface area contributed by atoms with Gasteiger partial charge in [0.25, 0.3) is 0 Å². The van der Waals surface area contributed by atoms with E-state index in [0.717, 1.165) is 17.0 Å². The fourth-order valence-electron chi connectivity index (χ4n) is 3.90. The Morgan fingerprint density at radius 1 is 1.11 bits per heavy atom. The quantitative estimate of drug-likeness (QED) is 0.274. The molecule has 4 aromatic rings. The molecule has 1 amide bonds. The Morgan fingerprint density at radius 2 is 1.86 bits per heavy atom. The van der Waals surface area contributed by atoms with E-state index in [2.05, 4.69) is 15.5 Å². The number of ether oxygens (including phenoxy) is 2. The van der Waals surface area contributed by atoms with Crippen molar-refractivity contribution in [3.63, 3.8) is 0 Å². The molecular weight excluding hydrogens is 519 g/mol. The van der Waals surface area contributed by atoms with E-state index in [0.29, 0.717) is 33.4 Å². The van der Waals surface area contributed by atoms with E-state index < -0.39 is 6.10 Å². The Morgan fingerprint density at radius 3 is 2.64 bits per heavy atom. The van der Waals surface area contributed by atoms with Crippen molar-refractivity contribution in [1.29, 1.82) is 0 Å². The van der Waals surface area contributed by atoms with Crippen molar-refractivity contribution in [3.05, 3.63) is 94.2 Å². The maximum absolute atomic E-state index is 12.8. The molecule has 1 aliphatic rings. The highest BCUT2D eigenvalue weighted by atomic mass is 35.5. The number of halogens is 2. The maximum atomic E-state index is 12.8. The third-order valence-corrected chi connectivity index (χ3v) is 7.00. The molecule has 0 aliphatic carbocycles. The highest BCUT2D eigenvalue weighted by Gasteiger charge is 2.27. The number of fused-ring (bicyclic) bond motifs is 1. The van der Waals surface area contributed by atoms with Crippen LogP contribution < -0.4 is 14.8 Å². The van der Waals surface area contributed by atoms with Gasteiger partial charge in [0.05, 0.1) is 11.8 Å².